The summed E-state index contributed by atoms with van der Waals surface area (Å²) in [5.41, 5.74) is 1.65. The maximum absolute atomic E-state index is 12.3. The summed E-state index contributed by atoms with van der Waals surface area (Å²) in [6, 6.07) is 8.21. The zero-order valence-corrected chi connectivity index (χ0v) is 13.9. The molecular formula is C17H18N4O2S. The van der Waals surface area contributed by atoms with Crippen molar-refractivity contribution >= 4 is 28.6 Å². The van der Waals surface area contributed by atoms with Gasteiger partial charge in [-0.25, -0.2) is 4.68 Å². The number of benzene rings is 1. The Labute approximate surface area is 143 Å². The van der Waals surface area contributed by atoms with E-state index in [2.05, 4.69) is 27.5 Å². The molecule has 0 unspecified atom stereocenters. The predicted molar refractivity (Wildman–Crippen MR) is 93.7 cm³/mol. The van der Waals surface area contributed by atoms with Crippen LogP contribution in [0.4, 0.5) is 0 Å². The first-order valence-corrected chi connectivity index (χ1v) is 8.97. The van der Waals surface area contributed by atoms with Gasteiger partial charge in [-0.1, -0.05) is 18.2 Å². The number of carbonyl (C=O) groups is 1. The molecular weight excluding hydrogens is 324 g/mol. The molecule has 7 heteroatoms. The third-order valence-electron chi connectivity index (χ3n) is 3.99. The fourth-order valence-corrected chi connectivity index (χ4v) is 3.71. The van der Waals surface area contributed by atoms with Crippen molar-refractivity contribution in [1.82, 2.24) is 20.1 Å². The topological polar surface area (TPSA) is 71.9 Å². The number of aromatic nitrogens is 3. The fraction of sp³-hybridized carbons (Fsp3) is 0.294. The van der Waals surface area contributed by atoms with E-state index in [1.807, 2.05) is 18.3 Å². The molecule has 1 aliphatic rings. The maximum Gasteiger partial charge on any atom is 0.258 e. The van der Waals surface area contributed by atoms with Crippen LogP contribution in [0.25, 0.3) is 10.9 Å². The lowest BCUT2D eigenvalue weighted by atomic mass is 10.2. The largest absolute Gasteiger partial charge is 0.477 e. The first-order valence-electron chi connectivity index (χ1n) is 7.98. The Hall–Kier alpha value is -2.41. The molecule has 0 radical (unpaired) electrons. The van der Waals surface area contributed by atoms with E-state index in [4.69, 9.17) is 4.74 Å². The fourth-order valence-electron chi connectivity index (χ4n) is 2.81. The predicted octanol–water partition coefficient (Wildman–Crippen LogP) is 2.67. The van der Waals surface area contributed by atoms with Crippen LogP contribution in [0.1, 0.15) is 16.8 Å². The lowest BCUT2D eigenvalue weighted by molar-refractivity contribution is 0.0949. The molecule has 0 saturated heterocycles. The lowest BCUT2D eigenvalue weighted by Gasteiger charge is -2.15. The number of nitrogens with zero attached hydrogens (tertiary/aromatic N) is 2. The van der Waals surface area contributed by atoms with Crippen LogP contribution in [-0.2, 0) is 6.54 Å². The molecule has 4 rings (SSSR count). The molecule has 6 nitrogen and oxygen atoms in total. The van der Waals surface area contributed by atoms with E-state index < -0.39 is 0 Å². The van der Waals surface area contributed by atoms with Crippen LogP contribution in [-0.4, -0.2) is 39.6 Å². The van der Waals surface area contributed by atoms with Crippen LogP contribution in [0, 0.1) is 0 Å². The van der Waals surface area contributed by atoms with Crippen LogP contribution in [0.5, 0.6) is 5.88 Å². The van der Waals surface area contributed by atoms with Gasteiger partial charge in [0.05, 0.1) is 12.8 Å². The Kier molecular flexibility index (Phi) is 4.17. The van der Waals surface area contributed by atoms with Crippen LogP contribution in [0.2, 0.25) is 0 Å². The summed E-state index contributed by atoms with van der Waals surface area (Å²) in [7, 11) is 0. The van der Waals surface area contributed by atoms with Crippen LogP contribution >= 0.6 is 11.8 Å². The second-order valence-corrected chi connectivity index (χ2v) is 6.73. The van der Waals surface area contributed by atoms with Crippen molar-refractivity contribution in [3.8, 4) is 5.88 Å². The van der Waals surface area contributed by atoms with Gasteiger partial charge < -0.3 is 15.0 Å². The molecule has 1 amide bonds. The minimum atomic E-state index is -0.127. The van der Waals surface area contributed by atoms with E-state index in [1.165, 1.54) is 10.3 Å². The SMILES string of the molecule is O=C(NCCSc1c[nH]c2ccccc12)c1cnn2c1OCCC2. The molecule has 0 saturated carbocycles. The molecule has 0 aliphatic carbocycles. The number of para-hydroxylation sites is 1. The summed E-state index contributed by atoms with van der Waals surface area (Å²) < 4.78 is 7.31. The molecule has 2 aromatic heterocycles. The van der Waals surface area contributed by atoms with Gasteiger partial charge in [0.2, 0.25) is 5.88 Å². The van der Waals surface area contributed by atoms with E-state index in [1.54, 1.807) is 22.6 Å². The van der Waals surface area contributed by atoms with Crippen molar-refractivity contribution < 1.29 is 9.53 Å². The van der Waals surface area contributed by atoms with Gasteiger partial charge in [-0.2, -0.15) is 5.10 Å². The highest BCUT2D eigenvalue weighted by Crippen LogP contribution is 2.27. The van der Waals surface area contributed by atoms with Gasteiger partial charge in [0.15, 0.2) is 0 Å². The van der Waals surface area contributed by atoms with E-state index in [-0.39, 0.29) is 5.91 Å². The van der Waals surface area contributed by atoms with Crippen molar-refractivity contribution in [2.75, 3.05) is 18.9 Å². The van der Waals surface area contributed by atoms with Crippen molar-refractivity contribution in [2.45, 2.75) is 17.9 Å². The van der Waals surface area contributed by atoms with Crippen LogP contribution in [0.3, 0.4) is 0 Å². The zero-order chi connectivity index (χ0) is 16.4. The molecule has 124 valence electrons. The van der Waals surface area contributed by atoms with Gasteiger partial charge in [-0.05, 0) is 6.07 Å². The summed E-state index contributed by atoms with van der Waals surface area (Å²) in [6.45, 7) is 2.04. The number of aryl methyl sites for hydroxylation is 1. The number of thioether (sulfide) groups is 1. The number of rotatable bonds is 5. The Morgan fingerprint density at radius 3 is 3.29 bits per heavy atom. The highest BCUT2D eigenvalue weighted by atomic mass is 32.2. The number of H-pyrrole nitrogens is 1. The minimum Gasteiger partial charge on any atom is -0.477 e. The number of hydrogen-bond acceptors (Lipinski definition) is 4. The van der Waals surface area contributed by atoms with Crippen LogP contribution < -0.4 is 10.1 Å². The third kappa shape index (κ3) is 2.87. The summed E-state index contributed by atoms with van der Waals surface area (Å²) in [5, 5.41) is 8.36. The highest BCUT2D eigenvalue weighted by Gasteiger charge is 2.21. The molecule has 3 aromatic rings. The Bertz CT molecular complexity index is 870. The quantitative estimate of drug-likeness (QED) is 0.552. The summed E-state index contributed by atoms with van der Waals surface area (Å²) in [4.78, 5) is 16.8. The number of ether oxygens (including phenoxy) is 1. The molecule has 2 N–H and O–H groups in total. The van der Waals surface area contributed by atoms with Gasteiger partial charge in [-0.15, -0.1) is 11.8 Å². The number of aromatic amines is 1. The average Bonchev–Trinajstić information content (AvgIpc) is 3.23. The molecule has 1 aromatic carbocycles. The van der Waals surface area contributed by atoms with E-state index >= 15 is 0 Å². The van der Waals surface area contributed by atoms with E-state index in [9.17, 15) is 4.79 Å². The van der Waals surface area contributed by atoms with Gasteiger partial charge >= 0.3 is 0 Å². The van der Waals surface area contributed by atoms with E-state index in [0.29, 0.717) is 24.6 Å². The number of amides is 1. The third-order valence-corrected chi connectivity index (χ3v) is 5.04. The number of hydrogen-bond donors (Lipinski definition) is 2. The monoisotopic (exact) mass is 342 g/mol. The first-order chi connectivity index (χ1) is 11.8. The van der Waals surface area contributed by atoms with Crippen molar-refractivity contribution in [3.63, 3.8) is 0 Å². The van der Waals surface area contributed by atoms with Crippen LogP contribution in [0.15, 0.2) is 41.6 Å². The zero-order valence-electron chi connectivity index (χ0n) is 13.1. The second-order valence-electron chi connectivity index (χ2n) is 5.59. The van der Waals surface area contributed by atoms with Gasteiger partial charge in [-0.3, -0.25) is 4.79 Å². The number of nitrogens with one attached hydrogen (secondary N) is 2. The second kappa shape index (κ2) is 6.60. The van der Waals surface area contributed by atoms with Gasteiger partial charge in [0.25, 0.3) is 5.91 Å². The molecule has 0 spiro atoms. The van der Waals surface area contributed by atoms with Crippen molar-refractivity contribution in [1.29, 1.82) is 0 Å². The molecule has 0 fully saturated rings. The Morgan fingerprint density at radius 1 is 1.42 bits per heavy atom. The molecule has 3 heterocycles. The lowest BCUT2D eigenvalue weighted by Crippen LogP contribution is -2.26. The highest BCUT2D eigenvalue weighted by molar-refractivity contribution is 7.99. The summed E-state index contributed by atoms with van der Waals surface area (Å²) >= 11 is 1.73. The standard InChI is InChI=1S/C17H18N4O2S/c22-16(13-10-20-21-7-3-8-23-17(13)21)18-6-9-24-15-11-19-14-5-2-1-4-12(14)15/h1-2,4-5,10-11,19H,3,6-9H2,(H,18,22). The minimum absolute atomic E-state index is 0.127. The first kappa shape index (κ1) is 15.1. The van der Waals surface area contributed by atoms with Crippen molar-refractivity contribution in [2.24, 2.45) is 0 Å². The van der Waals surface area contributed by atoms with Crippen molar-refractivity contribution in [3.05, 3.63) is 42.2 Å². The number of fused-ring (bicyclic) bond motifs is 2. The maximum atomic E-state index is 12.3. The van der Waals surface area contributed by atoms with Gasteiger partial charge in [0.1, 0.15) is 5.56 Å². The smallest absolute Gasteiger partial charge is 0.258 e. The molecule has 0 atom stereocenters. The molecule has 24 heavy (non-hydrogen) atoms. The number of carbonyl (C=O) groups excluding carboxylic acids is 1. The summed E-state index contributed by atoms with van der Waals surface area (Å²) in [6.07, 6.45) is 4.53. The Balaban J connectivity index is 1.33. The molecule has 0 bridgehead atoms. The summed E-state index contributed by atoms with van der Waals surface area (Å²) in [5.74, 6) is 1.26. The normalized spacial score (nSPS) is 13.5. The van der Waals surface area contributed by atoms with E-state index in [0.717, 1.165) is 24.2 Å². The van der Waals surface area contributed by atoms with Gasteiger partial charge in [0, 0.05) is 47.3 Å². The Morgan fingerprint density at radius 2 is 2.33 bits per heavy atom. The molecule has 1 aliphatic heterocycles. The average molecular weight is 342 g/mol.